The molecule has 0 aliphatic rings. The lowest BCUT2D eigenvalue weighted by atomic mass is 10.0. The van der Waals surface area contributed by atoms with E-state index in [9.17, 15) is 9.59 Å². The van der Waals surface area contributed by atoms with Gasteiger partial charge in [0.1, 0.15) is 23.1 Å². The van der Waals surface area contributed by atoms with Crippen molar-refractivity contribution < 1.29 is 9.53 Å². The van der Waals surface area contributed by atoms with Gasteiger partial charge < -0.3 is 4.74 Å². The number of aryl methyl sites for hydroxylation is 2. The summed E-state index contributed by atoms with van der Waals surface area (Å²) in [5.41, 5.74) is 5.38. The number of anilines is 2. The zero-order valence-electron chi connectivity index (χ0n) is 29.7. The van der Waals surface area contributed by atoms with Crippen LogP contribution in [0.25, 0.3) is 5.69 Å². The maximum atomic E-state index is 13.1. The molecule has 7 nitrogen and oxygen atoms in total. The quantitative estimate of drug-likeness (QED) is 0.0473. The highest BCUT2D eigenvalue weighted by Gasteiger charge is 2.20. The lowest BCUT2D eigenvalue weighted by molar-refractivity contribution is -0.118. The molecular weight excluding hydrogens is 726 g/mol. The first-order chi connectivity index (χ1) is 24.7. The molecule has 0 radical (unpaired) electrons. The third-order valence-corrected chi connectivity index (χ3v) is 9.87. The molecule has 0 aliphatic carbocycles. The van der Waals surface area contributed by atoms with Gasteiger partial charge in [-0.05, 0) is 55.7 Å². The fourth-order valence-corrected chi connectivity index (χ4v) is 7.20. The van der Waals surface area contributed by atoms with E-state index >= 15 is 0 Å². The largest absolute Gasteiger partial charge is 0.457 e. The molecule has 2 N–H and O–H groups in total. The number of hydrogen-bond acceptors (Lipinski definition) is 4. The number of carbonyl (C=O) groups is 1. The number of rotatable bonds is 22. The average molecular weight is 777 g/mol. The minimum absolute atomic E-state index is 0.178. The van der Waals surface area contributed by atoms with E-state index < -0.39 is 11.5 Å². The van der Waals surface area contributed by atoms with Crippen molar-refractivity contribution in [1.29, 1.82) is 0 Å². The molecule has 1 amide bonds. The second kappa shape index (κ2) is 21.4. The summed E-state index contributed by atoms with van der Waals surface area (Å²) in [6, 6.07) is 17.8. The number of ether oxygens (including phenoxy) is 1. The van der Waals surface area contributed by atoms with Crippen molar-refractivity contribution in [2.24, 2.45) is 0 Å². The molecule has 11 heteroatoms. The Bertz CT molecular complexity index is 1730. The maximum absolute atomic E-state index is 13.1. The number of nitrogens with zero attached hydrogens (tertiary/aromatic N) is 2. The number of carbonyl (C=O) groups excluding carboxylic acids is 1. The van der Waals surface area contributed by atoms with Crippen LogP contribution in [0, 0.1) is 6.92 Å². The molecular formula is C40H50Cl4N4O3. The van der Waals surface area contributed by atoms with Crippen molar-refractivity contribution >= 4 is 63.8 Å². The molecule has 276 valence electrons. The second-order valence-corrected chi connectivity index (χ2v) is 14.6. The van der Waals surface area contributed by atoms with Gasteiger partial charge in [0, 0.05) is 17.2 Å². The summed E-state index contributed by atoms with van der Waals surface area (Å²) < 4.78 is 7.63. The van der Waals surface area contributed by atoms with E-state index in [2.05, 4.69) is 30.4 Å². The molecule has 0 spiro atoms. The minimum Gasteiger partial charge on any atom is -0.457 e. The van der Waals surface area contributed by atoms with Gasteiger partial charge >= 0.3 is 0 Å². The van der Waals surface area contributed by atoms with E-state index in [0.717, 1.165) is 24.2 Å². The summed E-state index contributed by atoms with van der Waals surface area (Å²) in [4.78, 5) is 25.7. The number of H-pyrrole nitrogens is 1. The lowest BCUT2D eigenvalue weighted by Gasteiger charge is -2.24. The van der Waals surface area contributed by atoms with Crippen molar-refractivity contribution in [3.8, 4) is 17.2 Å². The molecule has 0 fully saturated rings. The van der Waals surface area contributed by atoms with Crippen molar-refractivity contribution in [1.82, 2.24) is 15.2 Å². The number of nitrogens with one attached hydrogen (secondary N) is 2. The number of benzene rings is 3. The van der Waals surface area contributed by atoms with Crippen molar-refractivity contribution in [3.63, 3.8) is 0 Å². The highest BCUT2D eigenvalue weighted by atomic mass is 35.5. The van der Waals surface area contributed by atoms with Crippen LogP contribution >= 0.6 is 46.4 Å². The number of amides is 1. The molecule has 0 saturated carbocycles. The summed E-state index contributed by atoms with van der Waals surface area (Å²) in [6.45, 7) is 4.36. The van der Waals surface area contributed by atoms with Crippen molar-refractivity contribution in [3.05, 3.63) is 97.2 Å². The van der Waals surface area contributed by atoms with E-state index in [1.807, 2.05) is 24.3 Å². The van der Waals surface area contributed by atoms with Crippen LogP contribution in [0.15, 0.2) is 65.5 Å². The van der Waals surface area contributed by atoms with E-state index in [1.165, 1.54) is 117 Å². The first kappa shape index (κ1) is 40.7. The van der Waals surface area contributed by atoms with E-state index in [0.29, 0.717) is 16.5 Å². The summed E-state index contributed by atoms with van der Waals surface area (Å²) in [6.07, 6.45) is 19.5. The van der Waals surface area contributed by atoms with Crippen LogP contribution < -0.4 is 20.7 Å². The Morgan fingerprint density at radius 3 is 2.02 bits per heavy atom. The van der Waals surface area contributed by atoms with Gasteiger partial charge in [-0.2, -0.15) is 0 Å². The van der Waals surface area contributed by atoms with Gasteiger partial charge in [-0.15, -0.1) is 11.6 Å². The summed E-state index contributed by atoms with van der Waals surface area (Å²) in [7, 11) is 0. The Balaban J connectivity index is 1.38. The molecule has 0 aliphatic heterocycles. The van der Waals surface area contributed by atoms with Gasteiger partial charge in [-0.3, -0.25) is 20.1 Å². The minimum atomic E-state index is -0.479. The SMILES string of the molecule is CCCCCCCCCCCCCCCCc1cc(C)ccc1Oc1cccc(N(NC(=O)CCl)c2cc(=O)n(-c3c(Cl)cc(Cl)cc3Cl)[nH]2)c1. The Hall–Kier alpha value is -3.10. The second-order valence-electron chi connectivity index (χ2n) is 13.1. The number of halogens is 4. The van der Waals surface area contributed by atoms with Gasteiger partial charge in [-0.25, -0.2) is 9.69 Å². The summed E-state index contributed by atoms with van der Waals surface area (Å²) in [5.74, 6) is 0.822. The Morgan fingerprint density at radius 1 is 0.804 bits per heavy atom. The predicted octanol–water partition coefficient (Wildman–Crippen LogP) is 12.7. The highest BCUT2D eigenvalue weighted by molar-refractivity contribution is 6.40. The van der Waals surface area contributed by atoms with E-state index in [4.69, 9.17) is 51.1 Å². The summed E-state index contributed by atoms with van der Waals surface area (Å²) >= 11 is 24.7. The van der Waals surface area contributed by atoms with Crippen LogP contribution in [0.1, 0.15) is 108 Å². The zero-order valence-corrected chi connectivity index (χ0v) is 32.7. The van der Waals surface area contributed by atoms with Crippen LogP contribution in [-0.2, 0) is 11.2 Å². The molecule has 0 bridgehead atoms. The topological polar surface area (TPSA) is 79.4 Å². The van der Waals surface area contributed by atoms with Gasteiger partial charge in [-0.1, -0.05) is 149 Å². The van der Waals surface area contributed by atoms with Gasteiger partial charge in [0.15, 0.2) is 5.82 Å². The van der Waals surface area contributed by atoms with Crippen LogP contribution in [0.3, 0.4) is 0 Å². The third kappa shape index (κ3) is 12.8. The smallest absolute Gasteiger partial charge is 0.273 e. The van der Waals surface area contributed by atoms with Crippen LogP contribution in [0.4, 0.5) is 11.5 Å². The van der Waals surface area contributed by atoms with Crippen LogP contribution in [0.2, 0.25) is 15.1 Å². The Labute approximate surface area is 322 Å². The number of aromatic nitrogens is 2. The van der Waals surface area contributed by atoms with Crippen LogP contribution in [-0.4, -0.2) is 21.6 Å². The molecule has 1 heterocycles. The molecule has 3 aromatic carbocycles. The first-order valence-electron chi connectivity index (χ1n) is 18.2. The normalized spacial score (nSPS) is 11.2. The van der Waals surface area contributed by atoms with Gasteiger partial charge in [0.25, 0.3) is 11.5 Å². The molecule has 4 rings (SSSR count). The monoisotopic (exact) mass is 774 g/mol. The Kier molecular flexibility index (Phi) is 17.1. The maximum Gasteiger partial charge on any atom is 0.273 e. The number of aromatic amines is 1. The van der Waals surface area contributed by atoms with Crippen molar-refractivity contribution in [2.45, 2.75) is 110 Å². The number of hydrazine groups is 1. The fraction of sp³-hybridized carbons (Fsp3) is 0.450. The molecule has 0 saturated heterocycles. The van der Waals surface area contributed by atoms with Crippen LogP contribution in [0.5, 0.6) is 11.5 Å². The average Bonchev–Trinajstić information content (AvgIpc) is 3.48. The molecule has 0 unspecified atom stereocenters. The fourth-order valence-electron chi connectivity index (χ4n) is 6.16. The zero-order chi connectivity index (χ0) is 36.6. The lowest BCUT2D eigenvalue weighted by Crippen LogP contribution is -2.40. The number of alkyl halides is 1. The molecule has 1 aromatic heterocycles. The summed E-state index contributed by atoms with van der Waals surface area (Å²) in [5, 5.41) is 5.11. The molecule has 0 atom stereocenters. The Morgan fingerprint density at radius 2 is 1.41 bits per heavy atom. The first-order valence-corrected chi connectivity index (χ1v) is 19.9. The standard InChI is InChI=1S/C40H50Cl4N4O3/c1-3-4-5-6-7-8-9-10-11-12-13-14-15-16-18-30-23-29(2)21-22-36(30)51-33-20-17-19-32(26-33)47(46-38(49)28-41)37-27-39(50)48(45-37)40-34(43)24-31(42)25-35(40)44/h17,19-27,45H,3-16,18,28H2,1-2H3,(H,46,49). The van der Waals surface area contributed by atoms with Gasteiger partial charge in [0.2, 0.25) is 0 Å². The number of hydrogen-bond donors (Lipinski definition) is 2. The van der Waals surface area contributed by atoms with Crippen molar-refractivity contribution in [2.75, 3.05) is 10.9 Å². The van der Waals surface area contributed by atoms with Gasteiger partial charge in [0.05, 0.1) is 15.7 Å². The van der Waals surface area contributed by atoms with E-state index in [-0.39, 0.29) is 27.4 Å². The third-order valence-electron chi connectivity index (χ3n) is 8.83. The predicted molar refractivity (Wildman–Crippen MR) is 214 cm³/mol. The molecule has 51 heavy (non-hydrogen) atoms. The molecule has 4 aromatic rings. The number of unbranched alkanes of at least 4 members (excludes halogenated alkanes) is 13. The van der Waals surface area contributed by atoms with E-state index in [1.54, 1.807) is 12.1 Å². The highest BCUT2D eigenvalue weighted by Crippen LogP contribution is 2.34.